The summed E-state index contributed by atoms with van der Waals surface area (Å²) in [5.41, 5.74) is -4.53. The number of H-pyrrole nitrogens is 1. The number of fused-ring (bicyclic) bond motifs is 1. The smallest absolute Gasteiger partial charge is 0.294 e. The average molecular weight is 311 g/mol. The van der Waals surface area contributed by atoms with Crippen LogP contribution in [0.15, 0.2) is 52.4 Å². The number of alkyl halides is 3. The lowest BCUT2D eigenvalue weighted by Gasteiger charge is -2.07. The van der Waals surface area contributed by atoms with Crippen LogP contribution in [0.5, 0.6) is 0 Å². The van der Waals surface area contributed by atoms with Crippen molar-refractivity contribution in [1.82, 2.24) is 14.5 Å². The first-order chi connectivity index (χ1) is 9.92. The Hall–Kier alpha value is -2.22. The molecular formula is C13H8F3N3OS. The summed E-state index contributed by atoms with van der Waals surface area (Å²) in [5.74, 6) is 0.314. The third-order valence-corrected chi connectivity index (χ3v) is 3.47. The van der Waals surface area contributed by atoms with Gasteiger partial charge < -0.3 is 0 Å². The summed E-state index contributed by atoms with van der Waals surface area (Å²) < 4.78 is 38.7. The van der Waals surface area contributed by atoms with Gasteiger partial charge in [-0.25, -0.2) is 4.98 Å². The maximum absolute atomic E-state index is 12.3. The molecule has 3 rings (SSSR count). The van der Waals surface area contributed by atoms with E-state index in [0.717, 1.165) is 0 Å². The third kappa shape index (κ3) is 2.94. The lowest BCUT2D eigenvalue weighted by molar-refractivity contribution is -0.0328. The minimum Gasteiger partial charge on any atom is -0.294 e. The van der Waals surface area contributed by atoms with Crippen molar-refractivity contribution in [1.29, 1.82) is 0 Å². The second-order valence-electron chi connectivity index (χ2n) is 4.21. The van der Waals surface area contributed by atoms with Gasteiger partial charge in [-0.3, -0.25) is 14.3 Å². The van der Waals surface area contributed by atoms with Gasteiger partial charge in [0.2, 0.25) is 5.95 Å². The van der Waals surface area contributed by atoms with Crippen molar-refractivity contribution in [2.75, 3.05) is 0 Å². The Morgan fingerprint density at radius 1 is 1.19 bits per heavy atom. The molecule has 2 aromatic heterocycles. The number of aromatic amines is 1. The molecule has 0 atom stereocenters. The largest absolute Gasteiger partial charge is 0.446 e. The average Bonchev–Trinajstić information content (AvgIpc) is 2.91. The Bertz CT molecular complexity index is 840. The zero-order chi connectivity index (χ0) is 15.0. The first-order valence-electron chi connectivity index (χ1n) is 5.85. The molecule has 0 saturated heterocycles. The SMILES string of the molecule is O=c1[nH]c(-n2cccc2)nc2ccc(SC(F)(F)F)cc12. The number of benzene rings is 1. The lowest BCUT2D eigenvalue weighted by Crippen LogP contribution is -2.13. The van der Waals surface area contributed by atoms with Crippen LogP contribution in [0.2, 0.25) is 0 Å². The highest BCUT2D eigenvalue weighted by Crippen LogP contribution is 2.37. The highest BCUT2D eigenvalue weighted by Gasteiger charge is 2.29. The van der Waals surface area contributed by atoms with Crippen LogP contribution in [0, 0.1) is 0 Å². The van der Waals surface area contributed by atoms with Crippen LogP contribution in [0.25, 0.3) is 16.9 Å². The number of nitrogens with zero attached hydrogens (tertiary/aromatic N) is 2. The van der Waals surface area contributed by atoms with Gasteiger partial charge in [-0.15, -0.1) is 0 Å². The molecule has 1 aromatic carbocycles. The van der Waals surface area contributed by atoms with Crippen molar-refractivity contribution in [3.63, 3.8) is 0 Å². The Morgan fingerprint density at radius 2 is 1.90 bits per heavy atom. The molecule has 0 spiro atoms. The van der Waals surface area contributed by atoms with Crippen LogP contribution in [0.4, 0.5) is 13.2 Å². The summed E-state index contributed by atoms with van der Waals surface area (Å²) >= 11 is -0.260. The predicted octanol–water partition coefficient (Wildman–Crippen LogP) is 3.33. The second-order valence-corrected chi connectivity index (χ2v) is 5.35. The molecule has 0 saturated carbocycles. The number of aromatic nitrogens is 3. The first kappa shape index (κ1) is 13.7. The Balaban J connectivity index is 2.10. The van der Waals surface area contributed by atoms with Gasteiger partial charge in [0.1, 0.15) is 0 Å². The van der Waals surface area contributed by atoms with Crippen LogP contribution in [0.3, 0.4) is 0 Å². The van der Waals surface area contributed by atoms with E-state index < -0.39 is 11.1 Å². The lowest BCUT2D eigenvalue weighted by atomic mass is 10.2. The molecule has 0 aliphatic rings. The van der Waals surface area contributed by atoms with Gasteiger partial charge in [0.05, 0.1) is 10.9 Å². The van der Waals surface area contributed by atoms with Gasteiger partial charge in [-0.05, 0) is 42.1 Å². The van der Waals surface area contributed by atoms with Crippen LogP contribution in [-0.4, -0.2) is 20.0 Å². The summed E-state index contributed by atoms with van der Waals surface area (Å²) in [6, 6.07) is 7.44. The topological polar surface area (TPSA) is 50.7 Å². The van der Waals surface area contributed by atoms with E-state index >= 15 is 0 Å². The van der Waals surface area contributed by atoms with E-state index in [1.165, 1.54) is 18.2 Å². The van der Waals surface area contributed by atoms with E-state index in [-0.39, 0.29) is 22.0 Å². The highest BCUT2D eigenvalue weighted by molar-refractivity contribution is 8.00. The molecule has 108 valence electrons. The standard InChI is InChI=1S/C13H8F3N3OS/c14-13(15,16)21-8-3-4-10-9(7-8)11(20)18-12(17-10)19-5-1-2-6-19/h1-7H,(H,17,18,20). The molecule has 0 radical (unpaired) electrons. The monoisotopic (exact) mass is 311 g/mol. The first-order valence-corrected chi connectivity index (χ1v) is 6.67. The molecule has 0 fully saturated rings. The van der Waals surface area contributed by atoms with E-state index in [2.05, 4.69) is 9.97 Å². The quantitative estimate of drug-likeness (QED) is 0.739. The maximum Gasteiger partial charge on any atom is 0.446 e. The highest BCUT2D eigenvalue weighted by atomic mass is 32.2. The molecule has 0 bridgehead atoms. The molecule has 4 nitrogen and oxygen atoms in total. The fraction of sp³-hybridized carbons (Fsp3) is 0.0769. The summed E-state index contributed by atoms with van der Waals surface area (Å²) in [6.45, 7) is 0. The van der Waals surface area contributed by atoms with Gasteiger partial charge >= 0.3 is 5.51 Å². The van der Waals surface area contributed by atoms with Gasteiger partial charge in [0, 0.05) is 17.3 Å². The summed E-state index contributed by atoms with van der Waals surface area (Å²) in [5, 5.41) is 0.125. The molecular weight excluding hydrogens is 303 g/mol. The van der Waals surface area contributed by atoms with Crippen LogP contribution < -0.4 is 5.56 Å². The van der Waals surface area contributed by atoms with Crippen molar-refractivity contribution >= 4 is 22.7 Å². The van der Waals surface area contributed by atoms with Crippen LogP contribution in [-0.2, 0) is 0 Å². The van der Waals surface area contributed by atoms with Crippen molar-refractivity contribution in [2.24, 2.45) is 0 Å². The third-order valence-electron chi connectivity index (χ3n) is 2.75. The fourth-order valence-electron chi connectivity index (χ4n) is 1.90. The van der Waals surface area contributed by atoms with Gasteiger partial charge in [0.25, 0.3) is 5.56 Å². The van der Waals surface area contributed by atoms with Gasteiger partial charge in [-0.1, -0.05) is 0 Å². The number of thioether (sulfide) groups is 1. The van der Waals surface area contributed by atoms with Crippen molar-refractivity contribution in [3.8, 4) is 5.95 Å². The zero-order valence-electron chi connectivity index (χ0n) is 10.4. The van der Waals surface area contributed by atoms with Crippen LogP contribution in [0.1, 0.15) is 0 Å². The Labute approximate surface area is 120 Å². The van der Waals surface area contributed by atoms with Crippen molar-refractivity contribution in [2.45, 2.75) is 10.4 Å². The van der Waals surface area contributed by atoms with E-state index in [4.69, 9.17) is 0 Å². The van der Waals surface area contributed by atoms with Crippen LogP contribution >= 0.6 is 11.8 Å². The number of nitrogens with one attached hydrogen (secondary N) is 1. The number of rotatable bonds is 2. The normalized spacial score (nSPS) is 12.0. The summed E-state index contributed by atoms with van der Waals surface area (Å²) in [7, 11) is 0. The molecule has 0 unspecified atom stereocenters. The van der Waals surface area contributed by atoms with E-state index in [1.54, 1.807) is 29.1 Å². The number of halogens is 3. The molecule has 0 aliphatic heterocycles. The second kappa shape index (κ2) is 4.96. The zero-order valence-corrected chi connectivity index (χ0v) is 11.2. The van der Waals surface area contributed by atoms with E-state index in [0.29, 0.717) is 11.5 Å². The predicted molar refractivity (Wildman–Crippen MR) is 73.6 cm³/mol. The minimum absolute atomic E-state index is 0.0454. The van der Waals surface area contributed by atoms with Gasteiger partial charge in [-0.2, -0.15) is 13.2 Å². The molecule has 8 heteroatoms. The molecule has 21 heavy (non-hydrogen) atoms. The Kier molecular flexibility index (Phi) is 3.25. The molecule has 0 aliphatic carbocycles. The molecule has 3 aromatic rings. The molecule has 0 amide bonds. The maximum atomic E-state index is 12.3. The summed E-state index contributed by atoms with van der Waals surface area (Å²) in [4.78, 5) is 18.7. The van der Waals surface area contributed by atoms with Crippen molar-refractivity contribution < 1.29 is 13.2 Å². The van der Waals surface area contributed by atoms with Crippen molar-refractivity contribution in [3.05, 3.63) is 53.1 Å². The van der Waals surface area contributed by atoms with E-state index in [1.807, 2.05) is 0 Å². The Morgan fingerprint density at radius 3 is 2.57 bits per heavy atom. The summed E-state index contributed by atoms with van der Waals surface area (Å²) in [6.07, 6.45) is 3.41. The van der Waals surface area contributed by atoms with Gasteiger partial charge in [0.15, 0.2) is 0 Å². The number of hydrogen-bond donors (Lipinski definition) is 1. The molecule has 1 N–H and O–H groups in total. The minimum atomic E-state index is -4.39. The fourth-order valence-corrected chi connectivity index (χ4v) is 2.48. The van der Waals surface area contributed by atoms with E-state index in [9.17, 15) is 18.0 Å². The molecule has 2 heterocycles. The number of hydrogen-bond acceptors (Lipinski definition) is 3.